The minimum Gasteiger partial charge on any atom is -0.385 e. The SMILES string of the molecule is COCCCCNc1ccccc1S(N)(=O)=O. The van der Waals surface area contributed by atoms with Crippen LogP contribution in [0.3, 0.4) is 0 Å². The molecule has 5 nitrogen and oxygen atoms in total. The minimum atomic E-state index is -3.67. The summed E-state index contributed by atoms with van der Waals surface area (Å²) in [6.45, 7) is 1.40. The summed E-state index contributed by atoms with van der Waals surface area (Å²) < 4.78 is 27.5. The fourth-order valence-electron chi connectivity index (χ4n) is 1.46. The topological polar surface area (TPSA) is 81.4 Å². The van der Waals surface area contributed by atoms with E-state index in [2.05, 4.69) is 5.32 Å². The maximum Gasteiger partial charge on any atom is 0.240 e. The number of ether oxygens (including phenoxy) is 1. The fourth-order valence-corrected chi connectivity index (χ4v) is 2.17. The maximum atomic E-state index is 11.3. The Bertz CT molecular complexity index is 446. The molecule has 1 aromatic carbocycles. The van der Waals surface area contributed by atoms with Crippen LogP contribution in [0.2, 0.25) is 0 Å². The van der Waals surface area contributed by atoms with Crippen molar-refractivity contribution in [1.29, 1.82) is 0 Å². The summed E-state index contributed by atoms with van der Waals surface area (Å²) in [4.78, 5) is 0.131. The molecule has 0 saturated heterocycles. The first-order chi connectivity index (χ1) is 8.05. The third kappa shape index (κ3) is 4.72. The van der Waals surface area contributed by atoms with Crippen LogP contribution in [0.4, 0.5) is 5.69 Å². The van der Waals surface area contributed by atoms with Crippen LogP contribution in [0.5, 0.6) is 0 Å². The van der Waals surface area contributed by atoms with Crippen LogP contribution in [0, 0.1) is 0 Å². The third-order valence-electron chi connectivity index (χ3n) is 2.28. The van der Waals surface area contributed by atoms with E-state index < -0.39 is 10.0 Å². The lowest BCUT2D eigenvalue weighted by molar-refractivity contribution is 0.194. The summed E-state index contributed by atoms with van der Waals surface area (Å²) in [6, 6.07) is 6.62. The van der Waals surface area contributed by atoms with E-state index in [0.29, 0.717) is 18.8 Å². The number of methoxy groups -OCH3 is 1. The Kier molecular flexibility index (Phi) is 5.40. The van der Waals surface area contributed by atoms with Gasteiger partial charge in [0, 0.05) is 20.3 Å². The fraction of sp³-hybridized carbons (Fsp3) is 0.455. The number of hydrogen-bond acceptors (Lipinski definition) is 4. The molecule has 0 aromatic heterocycles. The van der Waals surface area contributed by atoms with Gasteiger partial charge in [-0.05, 0) is 25.0 Å². The first kappa shape index (κ1) is 14.0. The second-order valence-corrected chi connectivity index (χ2v) is 5.20. The molecule has 96 valence electrons. The molecule has 0 spiro atoms. The number of anilines is 1. The van der Waals surface area contributed by atoms with E-state index in [1.807, 2.05) is 0 Å². The second-order valence-electron chi connectivity index (χ2n) is 3.67. The normalized spacial score (nSPS) is 11.4. The van der Waals surface area contributed by atoms with Gasteiger partial charge in [0.25, 0.3) is 0 Å². The zero-order valence-corrected chi connectivity index (χ0v) is 10.7. The zero-order valence-electron chi connectivity index (χ0n) is 9.85. The Morgan fingerprint density at radius 1 is 1.29 bits per heavy atom. The molecule has 1 aromatic rings. The Labute approximate surface area is 102 Å². The first-order valence-corrected chi connectivity index (χ1v) is 6.95. The third-order valence-corrected chi connectivity index (χ3v) is 3.25. The second kappa shape index (κ2) is 6.58. The number of nitrogens with two attached hydrogens (primary N) is 1. The smallest absolute Gasteiger partial charge is 0.240 e. The number of sulfonamides is 1. The van der Waals surface area contributed by atoms with Crippen molar-refractivity contribution in [3.8, 4) is 0 Å². The molecule has 0 atom stereocenters. The highest BCUT2D eigenvalue weighted by molar-refractivity contribution is 7.89. The predicted molar refractivity (Wildman–Crippen MR) is 67.4 cm³/mol. The number of para-hydroxylation sites is 1. The van der Waals surface area contributed by atoms with Gasteiger partial charge in [-0.25, -0.2) is 13.6 Å². The van der Waals surface area contributed by atoms with Gasteiger partial charge in [-0.3, -0.25) is 0 Å². The number of rotatable bonds is 7. The average Bonchev–Trinajstić information content (AvgIpc) is 2.28. The quantitative estimate of drug-likeness (QED) is 0.719. The van der Waals surface area contributed by atoms with Gasteiger partial charge in [0.15, 0.2) is 0 Å². The molecular formula is C11H18N2O3S. The molecule has 6 heteroatoms. The van der Waals surface area contributed by atoms with Crippen molar-refractivity contribution in [2.24, 2.45) is 5.14 Å². The van der Waals surface area contributed by atoms with Gasteiger partial charge in [0.05, 0.1) is 5.69 Å². The van der Waals surface area contributed by atoms with Crippen molar-refractivity contribution < 1.29 is 13.2 Å². The maximum absolute atomic E-state index is 11.3. The Hall–Kier alpha value is -1.11. The lowest BCUT2D eigenvalue weighted by Crippen LogP contribution is -2.15. The summed E-state index contributed by atoms with van der Waals surface area (Å²) in [5.74, 6) is 0. The van der Waals surface area contributed by atoms with E-state index in [-0.39, 0.29) is 4.90 Å². The molecule has 1 rings (SSSR count). The molecule has 0 aliphatic rings. The van der Waals surface area contributed by atoms with E-state index in [9.17, 15) is 8.42 Å². The highest BCUT2D eigenvalue weighted by Gasteiger charge is 2.12. The van der Waals surface area contributed by atoms with Gasteiger partial charge in [0.2, 0.25) is 10.0 Å². The summed E-state index contributed by atoms with van der Waals surface area (Å²) in [6.07, 6.45) is 1.84. The van der Waals surface area contributed by atoms with E-state index >= 15 is 0 Å². The minimum absolute atomic E-state index is 0.131. The molecule has 0 unspecified atom stereocenters. The predicted octanol–water partition coefficient (Wildman–Crippen LogP) is 1.17. The molecule has 3 N–H and O–H groups in total. The largest absolute Gasteiger partial charge is 0.385 e. The van der Waals surface area contributed by atoms with Gasteiger partial charge >= 0.3 is 0 Å². The standard InChI is InChI=1S/C11H18N2O3S/c1-16-9-5-4-8-13-10-6-2-3-7-11(10)17(12,14)15/h2-3,6-7,13H,4-5,8-9H2,1H3,(H2,12,14,15). The Morgan fingerprint density at radius 2 is 2.00 bits per heavy atom. The van der Waals surface area contributed by atoms with Crippen LogP contribution in [-0.2, 0) is 14.8 Å². The summed E-state index contributed by atoms with van der Waals surface area (Å²) >= 11 is 0. The van der Waals surface area contributed by atoms with Crippen molar-refractivity contribution in [3.05, 3.63) is 24.3 Å². The lowest BCUT2D eigenvalue weighted by atomic mass is 10.3. The molecule has 0 bridgehead atoms. The monoisotopic (exact) mass is 258 g/mol. The van der Waals surface area contributed by atoms with Crippen LogP contribution in [0.15, 0.2) is 29.2 Å². The Morgan fingerprint density at radius 3 is 2.65 bits per heavy atom. The zero-order chi connectivity index (χ0) is 12.7. The molecular weight excluding hydrogens is 240 g/mol. The molecule has 0 aliphatic carbocycles. The molecule has 0 fully saturated rings. The molecule has 0 saturated carbocycles. The highest BCUT2D eigenvalue weighted by atomic mass is 32.2. The summed E-state index contributed by atoms with van der Waals surface area (Å²) in [5.41, 5.74) is 0.549. The van der Waals surface area contributed by atoms with Crippen molar-refractivity contribution in [2.45, 2.75) is 17.7 Å². The number of hydrogen-bond donors (Lipinski definition) is 2. The number of benzene rings is 1. The van der Waals surface area contributed by atoms with Gasteiger partial charge in [0.1, 0.15) is 4.90 Å². The number of unbranched alkanes of at least 4 members (excludes halogenated alkanes) is 1. The van der Waals surface area contributed by atoms with Crippen molar-refractivity contribution in [1.82, 2.24) is 0 Å². The van der Waals surface area contributed by atoms with Crippen molar-refractivity contribution in [3.63, 3.8) is 0 Å². The van der Waals surface area contributed by atoms with Crippen molar-refractivity contribution >= 4 is 15.7 Å². The van der Waals surface area contributed by atoms with Crippen LogP contribution in [-0.4, -0.2) is 28.7 Å². The number of primary sulfonamides is 1. The average molecular weight is 258 g/mol. The van der Waals surface area contributed by atoms with E-state index in [1.54, 1.807) is 25.3 Å². The van der Waals surface area contributed by atoms with Crippen LogP contribution < -0.4 is 10.5 Å². The van der Waals surface area contributed by atoms with Gasteiger partial charge in [-0.1, -0.05) is 12.1 Å². The van der Waals surface area contributed by atoms with E-state index in [0.717, 1.165) is 12.8 Å². The van der Waals surface area contributed by atoms with Crippen LogP contribution in [0.1, 0.15) is 12.8 Å². The lowest BCUT2D eigenvalue weighted by Gasteiger charge is -2.10. The van der Waals surface area contributed by atoms with Gasteiger partial charge in [-0.15, -0.1) is 0 Å². The number of nitrogens with one attached hydrogen (secondary N) is 1. The highest BCUT2D eigenvalue weighted by Crippen LogP contribution is 2.18. The Balaban J connectivity index is 2.59. The van der Waals surface area contributed by atoms with Crippen LogP contribution >= 0.6 is 0 Å². The first-order valence-electron chi connectivity index (χ1n) is 5.40. The van der Waals surface area contributed by atoms with Crippen LogP contribution in [0.25, 0.3) is 0 Å². The summed E-state index contributed by atoms with van der Waals surface area (Å²) in [7, 11) is -2.01. The van der Waals surface area contributed by atoms with E-state index in [1.165, 1.54) is 6.07 Å². The molecule has 0 amide bonds. The molecule has 17 heavy (non-hydrogen) atoms. The molecule has 0 aliphatic heterocycles. The van der Waals surface area contributed by atoms with Gasteiger partial charge in [-0.2, -0.15) is 0 Å². The molecule has 0 radical (unpaired) electrons. The van der Waals surface area contributed by atoms with Gasteiger partial charge < -0.3 is 10.1 Å². The van der Waals surface area contributed by atoms with Crippen molar-refractivity contribution in [2.75, 3.05) is 25.6 Å². The van der Waals surface area contributed by atoms with E-state index in [4.69, 9.17) is 9.88 Å². The summed E-state index contributed by atoms with van der Waals surface area (Å²) in [5, 5.41) is 8.19. The molecule has 0 heterocycles.